The number of aromatic nitrogens is 2. The quantitative estimate of drug-likeness (QED) is 0.766. The number of halogens is 2. The van der Waals surface area contributed by atoms with Crippen LogP contribution in [0, 0.1) is 12.7 Å². The molecule has 4 nitrogen and oxygen atoms in total. The molecule has 1 aromatic carbocycles. The summed E-state index contributed by atoms with van der Waals surface area (Å²) in [5, 5.41) is 7.40. The lowest BCUT2D eigenvalue weighted by Crippen LogP contribution is -2.25. The van der Waals surface area contributed by atoms with Crippen molar-refractivity contribution in [2.24, 2.45) is 0 Å². The van der Waals surface area contributed by atoms with E-state index in [1.807, 2.05) is 0 Å². The number of carbonyl (C=O) groups excluding carboxylic acids is 1. The Morgan fingerprint density at radius 1 is 1.26 bits per heavy atom. The predicted octanol–water partition coefficient (Wildman–Crippen LogP) is 4.28. The second-order valence-electron chi connectivity index (χ2n) is 5.46. The Kier molecular flexibility index (Phi) is 6.16. The van der Waals surface area contributed by atoms with Crippen molar-refractivity contribution < 1.29 is 9.18 Å². The molecule has 0 atom stereocenters. The Hall–Kier alpha value is -1.88. The highest BCUT2D eigenvalue weighted by molar-refractivity contribution is 6.33. The number of benzene rings is 1. The number of rotatable bonds is 7. The summed E-state index contributed by atoms with van der Waals surface area (Å²) in [6, 6.07) is 5.80. The summed E-state index contributed by atoms with van der Waals surface area (Å²) in [6.07, 6.45) is 4.36. The SMILES string of the molecule is CCCCCCNC(=O)c1c(C)nn(-c2ccc(F)cc2)c1Cl. The van der Waals surface area contributed by atoms with Crippen molar-refractivity contribution in [1.82, 2.24) is 15.1 Å². The highest BCUT2D eigenvalue weighted by atomic mass is 35.5. The number of carbonyl (C=O) groups is 1. The van der Waals surface area contributed by atoms with Crippen LogP contribution in [0.15, 0.2) is 24.3 Å². The molecule has 1 N–H and O–H groups in total. The fourth-order valence-electron chi connectivity index (χ4n) is 2.35. The van der Waals surface area contributed by atoms with Crippen LogP contribution in [0.3, 0.4) is 0 Å². The Morgan fingerprint density at radius 3 is 2.61 bits per heavy atom. The van der Waals surface area contributed by atoms with Crippen molar-refractivity contribution in [3.05, 3.63) is 46.5 Å². The lowest BCUT2D eigenvalue weighted by Gasteiger charge is -2.05. The lowest BCUT2D eigenvalue weighted by molar-refractivity contribution is 0.0952. The molecule has 0 spiro atoms. The van der Waals surface area contributed by atoms with Crippen LogP contribution in [0.1, 0.15) is 48.7 Å². The van der Waals surface area contributed by atoms with Gasteiger partial charge in [0.1, 0.15) is 11.0 Å². The molecular weight excluding hydrogens is 317 g/mol. The van der Waals surface area contributed by atoms with Gasteiger partial charge in [-0.3, -0.25) is 4.79 Å². The molecule has 124 valence electrons. The molecule has 0 bridgehead atoms. The minimum absolute atomic E-state index is 0.225. The molecule has 1 heterocycles. The minimum atomic E-state index is -0.334. The van der Waals surface area contributed by atoms with Crippen LogP contribution in [-0.2, 0) is 0 Å². The highest BCUT2D eigenvalue weighted by Crippen LogP contribution is 2.23. The Labute approximate surface area is 140 Å². The molecule has 0 fully saturated rings. The summed E-state index contributed by atoms with van der Waals surface area (Å²) < 4.78 is 14.5. The summed E-state index contributed by atoms with van der Waals surface area (Å²) in [6.45, 7) is 4.50. The predicted molar refractivity (Wildman–Crippen MR) is 89.7 cm³/mol. The standard InChI is InChI=1S/C17H21ClFN3O/c1-3-4-5-6-11-20-17(23)15-12(2)21-22(16(15)18)14-9-7-13(19)8-10-14/h7-10H,3-6,11H2,1-2H3,(H,20,23). The van der Waals surface area contributed by atoms with Crippen molar-refractivity contribution in [3.63, 3.8) is 0 Å². The first-order valence-corrected chi connectivity index (χ1v) is 8.21. The Bertz CT molecular complexity index is 667. The summed E-state index contributed by atoms with van der Waals surface area (Å²) in [5.41, 5.74) is 1.53. The topological polar surface area (TPSA) is 46.9 Å². The van der Waals surface area contributed by atoms with E-state index in [9.17, 15) is 9.18 Å². The maximum absolute atomic E-state index is 13.0. The number of hydrogen-bond donors (Lipinski definition) is 1. The lowest BCUT2D eigenvalue weighted by atomic mass is 10.2. The van der Waals surface area contributed by atoms with Gasteiger partial charge < -0.3 is 5.32 Å². The third kappa shape index (κ3) is 4.32. The van der Waals surface area contributed by atoms with Crippen LogP contribution in [0.2, 0.25) is 5.15 Å². The summed E-state index contributed by atoms with van der Waals surface area (Å²) >= 11 is 6.31. The second kappa shape index (κ2) is 8.11. The third-order valence-electron chi connectivity index (χ3n) is 3.62. The molecule has 0 aliphatic rings. The van der Waals surface area contributed by atoms with Crippen molar-refractivity contribution in [1.29, 1.82) is 0 Å². The number of nitrogens with one attached hydrogen (secondary N) is 1. The summed E-state index contributed by atoms with van der Waals surface area (Å²) in [7, 11) is 0. The van der Waals surface area contributed by atoms with Crippen molar-refractivity contribution in [2.45, 2.75) is 39.5 Å². The molecule has 0 saturated carbocycles. The van der Waals surface area contributed by atoms with Crippen LogP contribution >= 0.6 is 11.6 Å². The van der Waals surface area contributed by atoms with Gasteiger partial charge in [0.25, 0.3) is 5.91 Å². The zero-order chi connectivity index (χ0) is 16.8. The van der Waals surface area contributed by atoms with Gasteiger partial charge in [0.15, 0.2) is 0 Å². The van der Waals surface area contributed by atoms with Gasteiger partial charge in [-0.15, -0.1) is 0 Å². The van der Waals surface area contributed by atoms with Crippen molar-refractivity contribution in [3.8, 4) is 5.69 Å². The molecule has 0 unspecified atom stereocenters. The summed E-state index contributed by atoms with van der Waals surface area (Å²) in [5.74, 6) is -0.559. The van der Waals surface area contributed by atoms with Gasteiger partial charge in [0.05, 0.1) is 16.9 Å². The average Bonchev–Trinajstić information content (AvgIpc) is 2.82. The van der Waals surface area contributed by atoms with Crippen molar-refractivity contribution >= 4 is 17.5 Å². The van der Waals surface area contributed by atoms with Gasteiger partial charge in [0, 0.05) is 6.54 Å². The van der Waals surface area contributed by atoms with Gasteiger partial charge in [0.2, 0.25) is 0 Å². The fraction of sp³-hybridized carbons (Fsp3) is 0.412. The van der Waals surface area contributed by atoms with Crippen LogP contribution in [0.25, 0.3) is 5.69 Å². The van der Waals surface area contributed by atoms with Gasteiger partial charge in [-0.25, -0.2) is 9.07 Å². The molecule has 2 rings (SSSR count). The smallest absolute Gasteiger partial charge is 0.256 e. The number of amides is 1. The molecular formula is C17H21ClFN3O. The number of unbranched alkanes of at least 4 members (excludes halogenated alkanes) is 3. The maximum atomic E-state index is 13.0. The molecule has 2 aromatic rings. The van der Waals surface area contributed by atoms with Crippen LogP contribution < -0.4 is 5.32 Å². The minimum Gasteiger partial charge on any atom is -0.352 e. The van der Waals surface area contributed by atoms with E-state index >= 15 is 0 Å². The summed E-state index contributed by atoms with van der Waals surface area (Å²) in [4.78, 5) is 12.3. The van der Waals surface area contributed by atoms with Gasteiger partial charge in [-0.1, -0.05) is 37.8 Å². The maximum Gasteiger partial charge on any atom is 0.256 e. The number of aryl methyl sites for hydroxylation is 1. The van der Waals surface area contributed by atoms with Crippen molar-refractivity contribution in [2.75, 3.05) is 6.54 Å². The van der Waals surface area contributed by atoms with Gasteiger partial charge in [-0.2, -0.15) is 5.10 Å². The fourth-order valence-corrected chi connectivity index (χ4v) is 2.71. The first kappa shape index (κ1) is 17.5. The van der Waals surface area contributed by atoms with E-state index in [1.165, 1.54) is 16.8 Å². The first-order valence-electron chi connectivity index (χ1n) is 7.83. The Morgan fingerprint density at radius 2 is 1.96 bits per heavy atom. The molecule has 0 radical (unpaired) electrons. The largest absolute Gasteiger partial charge is 0.352 e. The molecule has 23 heavy (non-hydrogen) atoms. The highest BCUT2D eigenvalue weighted by Gasteiger charge is 2.20. The van der Waals surface area contributed by atoms with E-state index in [0.717, 1.165) is 25.7 Å². The van der Waals surface area contributed by atoms with Gasteiger partial charge in [-0.05, 0) is 37.6 Å². The van der Waals surface area contributed by atoms with E-state index in [2.05, 4.69) is 17.3 Å². The van der Waals surface area contributed by atoms with Crippen LogP contribution in [0.5, 0.6) is 0 Å². The molecule has 0 saturated heterocycles. The molecule has 6 heteroatoms. The third-order valence-corrected chi connectivity index (χ3v) is 3.97. The van der Waals surface area contributed by atoms with E-state index in [4.69, 9.17) is 11.6 Å². The zero-order valence-corrected chi connectivity index (χ0v) is 14.2. The zero-order valence-electron chi connectivity index (χ0n) is 13.4. The molecule has 1 aromatic heterocycles. The van der Waals surface area contributed by atoms with E-state index in [0.29, 0.717) is 23.5 Å². The Balaban J connectivity index is 2.11. The number of hydrogen-bond acceptors (Lipinski definition) is 2. The monoisotopic (exact) mass is 337 g/mol. The van der Waals surface area contributed by atoms with Gasteiger partial charge >= 0.3 is 0 Å². The second-order valence-corrected chi connectivity index (χ2v) is 5.81. The van der Waals surface area contributed by atoms with E-state index in [-0.39, 0.29) is 16.9 Å². The van der Waals surface area contributed by atoms with E-state index < -0.39 is 0 Å². The average molecular weight is 338 g/mol. The number of nitrogens with zero attached hydrogens (tertiary/aromatic N) is 2. The normalized spacial score (nSPS) is 10.8. The first-order chi connectivity index (χ1) is 11.0. The molecule has 1 amide bonds. The molecule has 0 aliphatic carbocycles. The molecule has 0 aliphatic heterocycles. The van der Waals surface area contributed by atoms with Crippen LogP contribution in [-0.4, -0.2) is 22.2 Å². The van der Waals surface area contributed by atoms with E-state index in [1.54, 1.807) is 19.1 Å². The van der Waals surface area contributed by atoms with Crippen LogP contribution in [0.4, 0.5) is 4.39 Å².